The molecule has 2 saturated carbocycles. The third-order valence-corrected chi connectivity index (χ3v) is 6.21. The van der Waals surface area contributed by atoms with Crippen molar-refractivity contribution >= 4 is 5.78 Å². The van der Waals surface area contributed by atoms with Gasteiger partial charge >= 0.3 is 0 Å². The number of fused-ring (bicyclic) bond motifs is 1. The molecule has 0 amide bonds. The van der Waals surface area contributed by atoms with Gasteiger partial charge in [0.2, 0.25) is 0 Å². The summed E-state index contributed by atoms with van der Waals surface area (Å²) in [7, 11) is 0. The number of Topliss-reactive ketones (excluding diaryl/α,β-unsaturated/α-hetero) is 1. The van der Waals surface area contributed by atoms with Crippen LogP contribution in [-0.4, -0.2) is 5.78 Å². The van der Waals surface area contributed by atoms with Crippen molar-refractivity contribution in [2.24, 2.45) is 28.6 Å². The zero-order valence-electron chi connectivity index (χ0n) is 14.3. The van der Waals surface area contributed by atoms with Crippen LogP contribution in [0.15, 0.2) is 0 Å². The molecular formula is C19H34O. The largest absolute Gasteiger partial charge is 0.299 e. The summed E-state index contributed by atoms with van der Waals surface area (Å²) in [6.45, 7) is 11.9. The number of rotatable bonds is 4. The summed E-state index contributed by atoms with van der Waals surface area (Å²) in [5.41, 5.74) is 0.791. The van der Waals surface area contributed by atoms with E-state index < -0.39 is 0 Å². The molecule has 0 aromatic carbocycles. The molecule has 4 atom stereocenters. The van der Waals surface area contributed by atoms with Gasteiger partial charge in [0.1, 0.15) is 5.78 Å². The fourth-order valence-electron chi connectivity index (χ4n) is 5.06. The minimum atomic E-state index is 0.330. The second-order valence-corrected chi connectivity index (χ2v) is 8.99. The monoisotopic (exact) mass is 278 g/mol. The topological polar surface area (TPSA) is 17.1 Å². The molecule has 0 aromatic heterocycles. The fourth-order valence-corrected chi connectivity index (χ4v) is 5.06. The van der Waals surface area contributed by atoms with Gasteiger partial charge in [-0.25, -0.2) is 0 Å². The van der Waals surface area contributed by atoms with E-state index in [1.54, 1.807) is 0 Å². The summed E-state index contributed by atoms with van der Waals surface area (Å²) in [5, 5.41) is 0. The number of carbonyl (C=O) groups is 1. The maximum Gasteiger partial charge on any atom is 0.136 e. The first-order valence-electron chi connectivity index (χ1n) is 8.77. The molecule has 0 N–H and O–H groups in total. The first-order valence-corrected chi connectivity index (χ1v) is 8.77. The molecule has 1 nitrogen and oxygen atoms in total. The average Bonchev–Trinajstić information content (AvgIpc) is 2.66. The Labute approximate surface area is 125 Å². The molecule has 0 bridgehead atoms. The minimum absolute atomic E-state index is 0.330. The summed E-state index contributed by atoms with van der Waals surface area (Å²) in [4.78, 5) is 12.2. The van der Waals surface area contributed by atoms with Gasteiger partial charge < -0.3 is 0 Å². The highest BCUT2D eigenvalue weighted by molar-refractivity contribution is 5.83. The van der Waals surface area contributed by atoms with Crippen LogP contribution >= 0.6 is 0 Å². The molecule has 0 heterocycles. The van der Waals surface area contributed by atoms with E-state index in [1.807, 2.05) is 0 Å². The van der Waals surface area contributed by atoms with Crippen molar-refractivity contribution in [1.82, 2.24) is 0 Å². The smallest absolute Gasteiger partial charge is 0.136 e. The molecule has 2 aliphatic rings. The highest BCUT2D eigenvalue weighted by Gasteiger charge is 2.52. The zero-order valence-corrected chi connectivity index (χ0v) is 14.3. The predicted molar refractivity (Wildman–Crippen MR) is 85.6 cm³/mol. The first kappa shape index (κ1) is 16.0. The van der Waals surface area contributed by atoms with E-state index in [9.17, 15) is 4.79 Å². The van der Waals surface area contributed by atoms with Crippen molar-refractivity contribution in [3.8, 4) is 0 Å². The summed E-state index contributed by atoms with van der Waals surface area (Å²) in [6.07, 6.45) is 9.75. The third-order valence-electron chi connectivity index (χ3n) is 6.21. The van der Waals surface area contributed by atoms with Gasteiger partial charge in [0, 0.05) is 12.3 Å². The van der Waals surface area contributed by atoms with Crippen molar-refractivity contribution in [2.45, 2.75) is 86.0 Å². The number of carbonyl (C=O) groups excluding carboxylic acids is 1. The molecule has 0 spiro atoms. The van der Waals surface area contributed by atoms with Gasteiger partial charge in [-0.3, -0.25) is 4.79 Å². The van der Waals surface area contributed by atoms with Gasteiger partial charge in [0.25, 0.3) is 0 Å². The van der Waals surface area contributed by atoms with Crippen molar-refractivity contribution < 1.29 is 4.79 Å². The Morgan fingerprint density at radius 1 is 1.30 bits per heavy atom. The van der Waals surface area contributed by atoms with Gasteiger partial charge in [-0.1, -0.05) is 47.5 Å². The standard InChI is InChI=1S/C19H34O/c1-14(8-6-12-18(2,3)4)15-10-11-16-17(20)9-7-13-19(15,16)5/h14-16H,6-13H2,1-5H3/t14?,15?,16-,19+/m0/s1. The van der Waals surface area contributed by atoms with Crippen LogP contribution in [0.3, 0.4) is 0 Å². The fraction of sp³-hybridized carbons (Fsp3) is 0.947. The van der Waals surface area contributed by atoms with Gasteiger partial charge in [0.15, 0.2) is 0 Å². The average molecular weight is 278 g/mol. The van der Waals surface area contributed by atoms with Crippen LogP contribution in [0.1, 0.15) is 86.0 Å². The Bertz CT molecular complexity index is 351. The highest BCUT2D eigenvalue weighted by atomic mass is 16.1. The molecule has 116 valence electrons. The SMILES string of the molecule is CC(CCCC(C)(C)C)C1CC[C@H]2C(=O)CCC[C@]12C. The molecule has 1 heteroatoms. The third kappa shape index (κ3) is 3.28. The molecule has 0 saturated heterocycles. The lowest BCUT2D eigenvalue weighted by Gasteiger charge is -2.42. The van der Waals surface area contributed by atoms with Crippen molar-refractivity contribution in [3.05, 3.63) is 0 Å². The van der Waals surface area contributed by atoms with Crippen LogP contribution in [0.4, 0.5) is 0 Å². The Hall–Kier alpha value is -0.330. The second kappa shape index (κ2) is 5.81. The van der Waals surface area contributed by atoms with Gasteiger partial charge in [-0.2, -0.15) is 0 Å². The molecule has 0 aromatic rings. The second-order valence-electron chi connectivity index (χ2n) is 8.99. The van der Waals surface area contributed by atoms with E-state index in [0.717, 1.165) is 24.7 Å². The lowest BCUT2D eigenvalue weighted by molar-refractivity contribution is -0.130. The van der Waals surface area contributed by atoms with Crippen LogP contribution in [0, 0.1) is 28.6 Å². The molecule has 0 aliphatic heterocycles. The predicted octanol–water partition coefficient (Wildman–Crippen LogP) is 5.62. The molecule has 0 radical (unpaired) electrons. The van der Waals surface area contributed by atoms with Gasteiger partial charge in [0.05, 0.1) is 0 Å². The Morgan fingerprint density at radius 2 is 2.00 bits per heavy atom. The molecule has 2 aliphatic carbocycles. The Balaban J connectivity index is 1.93. The van der Waals surface area contributed by atoms with E-state index in [0.29, 0.717) is 22.5 Å². The van der Waals surface area contributed by atoms with Crippen LogP contribution in [-0.2, 0) is 4.79 Å². The number of hydrogen-bond donors (Lipinski definition) is 0. The minimum Gasteiger partial charge on any atom is -0.299 e. The lowest BCUT2D eigenvalue weighted by Crippen LogP contribution is -2.39. The van der Waals surface area contributed by atoms with Gasteiger partial charge in [-0.15, -0.1) is 0 Å². The highest BCUT2D eigenvalue weighted by Crippen LogP contribution is 2.57. The number of hydrogen-bond acceptors (Lipinski definition) is 1. The van der Waals surface area contributed by atoms with Crippen LogP contribution in [0.2, 0.25) is 0 Å². The molecular weight excluding hydrogens is 244 g/mol. The molecule has 20 heavy (non-hydrogen) atoms. The van der Waals surface area contributed by atoms with Crippen molar-refractivity contribution in [2.75, 3.05) is 0 Å². The van der Waals surface area contributed by atoms with Crippen LogP contribution in [0.5, 0.6) is 0 Å². The van der Waals surface area contributed by atoms with E-state index in [1.165, 1.54) is 38.5 Å². The van der Waals surface area contributed by atoms with E-state index in [-0.39, 0.29) is 0 Å². The van der Waals surface area contributed by atoms with Crippen molar-refractivity contribution in [3.63, 3.8) is 0 Å². The summed E-state index contributed by atoms with van der Waals surface area (Å²) in [5.74, 6) is 2.55. The summed E-state index contributed by atoms with van der Waals surface area (Å²) in [6, 6.07) is 0. The Kier molecular flexibility index (Phi) is 4.66. The Morgan fingerprint density at radius 3 is 2.65 bits per heavy atom. The normalized spacial score (nSPS) is 36.0. The van der Waals surface area contributed by atoms with E-state index in [2.05, 4.69) is 34.6 Å². The van der Waals surface area contributed by atoms with Crippen molar-refractivity contribution in [1.29, 1.82) is 0 Å². The maximum atomic E-state index is 12.2. The molecule has 2 fully saturated rings. The van der Waals surface area contributed by atoms with Gasteiger partial charge in [-0.05, 0) is 54.8 Å². The lowest BCUT2D eigenvalue weighted by atomic mass is 9.62. The summed E-state index contributed by atoms with van der Waals surface area (Å²) < 4.78 is 0. The van der Waals surface area contributed by atoms with Crippen LogP contribution in [0.25, 0.3) is 0 Å². The first-order chi connectivity index (χ1) is 9.24. The summed E-state index contributed by atoms with van der Waals surface area (Å²) >= 11 is 0. The van der Waals surface area contributed by atoms with E-state index in [4.69, 9.17) is 0 Å². The number of ketones is 1. The molecule has 2 rings (SSSR count). The van der Waals surface area contributed by atoms with Crippen LogP contribution < -0.4 is 0 Å². The quantitative estimate of drug-likeness (QED) is 0.652. The molecule has 2 unspecified atom stereocenters. The zero-order chi connectivity index (χ0) is 15.0. The maximum absolute atomic E-state index is 12.2. The van der Waals surface area contributed by atoms with E-state index >= 15 is 0 Å².